The molecule has 3 unspecified atom stereocenters. The Bertz CT molecular complexity index is 757. The number of aliphatic hydroxyl groups is 2. The molecule has 25 heavy (non-hydrogen) atoms. The second-order valence-corrected chi connectivity index (χ2v) is 6.46. The van der Waals surface area contributed by atoms with Crippen LogP contribution >= 0.6 is 0 Å². The van der Waals surface area contributed by atoms with E-state index < -0.39 is 30.7 Å². The molecule has 3 atom stereocenters. The lowest BCUT2D eigenvalue weighted by Crippen LogP contribution is -2.43. The van der Waals surface area contributed by atoms with Gasteiger partial charge in [0.15, 0.2) is 5.78 Å². The van der Waals surface area contributed by atoms with Crippen LogP contribution in [0.3, 0.4) is 0 Å². The molecule has 0 spiro atoms. The van der Waals surface area contributed by atoms with Crippen LogP contribution in [0.25, 0.3) is 0 Å². The number of carbonyl (C=O) groups is 1. The van der Waals surface area contributed by atoms with Crippen molar-refractivity contribution in [3.05, 3.63) is 70.5 Å². The smallest absolute Gasteiger partial charge is 0.192 e. The Kier molecular flexibility index (Phi) is 5.27. The Hall–Kier alpha value is -2.08. The van der Waals surface area contributed by atoms with Crippen LogP contribution in [0.1, 0.15) is 34.8 Å². The molecule has 0 radical (unpaired) electrons. The van der Waals surface area contributed by atoms with Crippen molar-refractivity contribution in [2.45, 2.75) is 38.1 Å². The van der Waals surface area contributed by atoms with Crippen molar-refractivity contribution < 1.29 is 24.1 Å². The lowest BCUT2D eigenvalue weighted by molar-refractivity contribution is -0.161. The number of rotatable bonds is 4. The Morgan fingerprint density at radius 3 is 2.60 bits per heavy atom. The number of ether oxygens (including phenoxy) is 1. The average molecular weight is 344 g/mol. The van der Waals surface area contributed by atoms with Gasteiger partial charge in [0.2, 0.25) is 0 Å². The van der Waals surface area contributed by atoms with Crippen LogP contribution in [0.5, 0.6) is 0 Å². The van der Waals surface area contributed by atoms with E-state index in [1.165, 1.54) is 6.07 Å². The molecule has 1 fully saturated rings. The van der Waals surface area contributed by atoms with Gasteiger partial charge in [-0.3, -0.25) is 4.79 Å². The molecular weight excluding hydrogens is 323 g/mol. The number of hydrogen-bond donors (Lipinski definition) is 2. The molecule has 1 heterocycles. The second kappa shape index (κ2) is 7.44. The summed E-state index contributed by atoms with van der Waals surface area (Å²) >= 11 is 0. The Morgan fingerprint density at radius 1 is 1.20 bits per heavy atom. The van der Waals surface area contributed by atoms with Crippen LogP contribution < -0.4 is 0 Å². The van der Waals surface area contributed by atoms with Crippen molar-refractivity contribution >= 4 is 5.78 Å². The molecule has 2 aromatic carbocycles. The van der Waals surface area contributed by atoms with Crippen LogP contribution in [0.15, 0.2) is 42.5 Å². The van der Waals surface area contributed by atoms with E-state index in [1.54, 1.807) is 12.1 Å². The summed E-state index contributed by atoms with van der Waals surface area (Å²) in [5, 5.41) is 19.1. The maximum Gasteiger partial charge on any atom is 0.192 e. The standard InChI is InChI=1S/C20H21FO4/c1-12-2-4-13(5-3-12)8-15-9-14(6-7-16(15)21)18-10-17(23)20(24)19(11-22)25-18/h2-7,9,17-19,22-23H,8,10-11H2,1H3. The molecule has 5 heteroatoms. The van der Waals surface area contributed by atoms with Gasteiger partial charge < -0.3 is 14.9 Å². The second-order valence-electron chi connectivity index (χ2n) is 6.46. The highest BCUT2D eigenvalue weighted by Gasteiger charge is 2.36. The predicted octanol–water partition coefficient (Wildman–Crippen LogP) is 2.48. The molecule has 0 aliphatic carbocycles. The molecule has 1 aliphatic heterocycles. The number of Topliss-reactive ketones (excluding diaryl/α,β-unsaturated/α-hetero) is 1. The third-order valence-electron chi connectivity index (χ3n) is 4.53. The first kappa shape index (κ1) is 17.7. The molecule has 1 saturated heterocycles. The Labute approximate surface area is 145 Å². The number of ketones is 1. The zero-order chi connectivity index (χ0) is 18.0. The zero-order valence-corrected chi connectivity index (χ0v) is 14.0. The highest BCUT2D eigenvalue weighted by atomic mass is 19.1. The predicted molar refractivity (Wildman–Crippen MR) is 90.7 cm³/mol. The molecule has 0 aromatic heterocycles. The minimum Gasteiger partial charge on any atom is -0.393 e. The molecule has 1 aliphatic rings. The van der Waals surface area contributed by atoms with Crippen LogP contribution in [-0.2, 0) is 16.0 Å². The van der Waals surface area contributed by atoms with E-state index in [0.717, 1.165) is 11.1 Å². The van der Waals surface area contributed by atoms with Gasteiger partial charge in [-0.2, -0.15) is 0 Å². The van der Waals surface area contributed by atoms with Gasteiger partial charge >= 0.3 is 0 Å². The summed E-state index contributed by atoms with van der Waals surface area (Å²) < 4.78 is 19.8. The van der Waals surface area contributed by atoms with Crippen molar-refractivity contribution in [3.63, 3.8) is 0 Å². The van der Waals surface area contributed by atoms with E-state index in [9.17, 15) is 19.4 Å². The minimum absolute atomic E-state index is 0.102. The first-order chi connectivity index (χ1) is 12.0. The van der Waals surface area contributed by atoms with Crippen LogP contribution in [-0.4, -0.2) is 34.8 Å². The Balaban J connectivity index is 1.83. The van der Waals surface area contributed by atoms with Gasteiger partial charge in [-0.05, 0) is 35.7 Å². The fourth-order valence-corrected chi connectivity index (χ4v) is 3.06. The molecule has 0 saturated carbocycles. The van der Waals surface area contributed by atoms with Crippen molar-refractivity contribution in [3.8, 4) is 0 Å². The van der Waals surface area contributed by atoms with Crippen molar-refractivity contribution in [1.29, 1.82) is 0 Å². The van der Waals surface area contributed by atoms with Crippen molar-refractivity contribution in [2.75, 3.05) is 6.61 Å². The van der Waals surface area contributed by atoms with E-state index in [-0.39, 0.29) is 12.2 Å². The van der Waals surface area contributed by atoms with Crippen molar-refractivity contribution in [2.24, 2.45) is 0 Å². The summed E-state index contributed by atoms with van der Waals surface area (Å²) in [5.74, 6) is -0.823. The first-order valence-corrected chi connectivity index (χ1v) is 8.30. The molecule has 3 rings (SSSR count). The van der Waals surface area contributed by atoms with E-state index in [2.05, 4.69) is 0 Å². The lowest BCUT2D eigenvalue weighted by atomic mass is 9.93. The molecule has 4 nitrogen and oxygen atoms in total. The monoisotopic (exact) mass is 344 g/mol. The summed E-state index contributed by atoms with van der Waals surface area (Å²) in [5.41, 5.74) is 3.35. The summed E-state index contributed by atoms with van der Waals surface area (Å²) in [6, 6.07) is 12.6. The van der Waals surface area contributed by atoms with E-state index >= 15 is 0 Å². The fraction of sp³-hybridized carbons (Fsp3) is 0.350. The fourth-order valence-electron chi connectivity index (χ4n) is 3.06. The van der Waals surface area contributed by atoms with Gasteiger partial charge in [-0.15, -0.1) is 0 Å². The largest absolute Gasteiger partial charge is 0.393 e. The normalized spacial score (nSPS) is 23.7. The van der Waals surface area contributed by atoms with E-state index in [1.807, 2.05) is 31.2 Å². The van der Waals surface area contributed by atoms with E-state index in [0.29, 0.717) is 17.5 Å². The van der Waals surface area contributed by atoms with Gasteiger partial charge in [0.1, 0.15) is 18.0 Å². The number of benzene rings is 2. The number of carbonyl (C=O) groups excluding carboxylic acids is 1. The maximum absolute atomic E-state index is 14.2. The van der Waals surface area contributed by atoms with Gasteiger partial charge in [-0.1, -0.05) is 35.9 Å². The zero-order valence-electron chi connectivity index (χ0n) is 14.0. The van der Waals surface area contributed by atoms with Crippen molar-refractivity contribution in [1.82, 2.24) is 0 Å². The summed E-state index contributed by atoms with van der Waals surface area (Å²) in [7, 11) is 0. The van der Waals surface area contributed by atoms with Crippen LogP contribution in [0, 0.1) is 12.7 Å². The lowest BCUT2D eigenvalue weighted by Gasteiger charge is -2.31. The average Bonchev–Trinajstić information content (AvgIpc) is 2.61. The maximum atomic E-state index is 14.2. The molecule has 0 bridgehead atoms. The topological polar surface area (TPSA) is 66.8 Å². The van der Waals surface area contributed by atoms with Gasteiger partial charge in [-0.25, -0.2) is 4.39 Å². The molecular formula is C20H21FO4. The summed E-state index contributed by atoms with van der Waals surface area (Å²) in [4.78, 5) is 11.7. The van der Waals surface area contributed by atoms with Crippen LogP contribution in [0.4, 0.5) is 4.39 Å². The van der Waals surface area contributed by atoms with E-state index in [4.69, 9.17) is 4.74 Å². The highest BCUT2D eigenvalue weighted by molar-refractivity contribution is 5.88. The highest BCUT2D eigenvalue weighted by Crippen LogP contribution is 2.31. The number of halogens is 1. The summed E-state index contributed by atoms with van der Waals surface area (Å²) in [6.07, 6.45) is -2.23. The van der Waals surface area contributed by atoms with Crippen LogP contribution in [0.2, 0.25) is 0 Å². The molecule has 2 N–H and O–H groups in total. The summed E-state index contributed by atoms with van der Waals surface area (Å²) in [6.45, 7) is 1.51. The molecule has 2 aromatic rings. The van der Waals surface area contributed by atoms with Gasteiger partial charge in [0.25, 0.3) is 0 Å². The third kappa shape index (κ3) is 3.95. The Morgan fingerprint density at radius 2 is 1.92 bits per heavy atom. The quantitative estimate of drug-likeness (QED) is 0.894. The molecule has 132 valence electrons. The van der Waals surface area contributed by atoms with Gasteiger partial charge in [0, 0.05) is 12.8 Å². The third-order valence-corrected chi connectivity index (χ3v) is 4.53. The number of aryl methyl sites for hydroxylation is 1. The first-order valence-electron chi connectivity index (χ1n) is 8.30. The van der Waals surface area contributed by atoms with Gasteiger partial charge in [0.05, 0.1) is 12.7 Å². The molecule has 0 amide bonds. The number of hydrogen-bond acceptors (Lipinski definition) is 4. The number of aliphatic hydroxyl groups excluding tert-OH is 2. The minimum atomic E-state index is -1.18. The SMILES string of the molecule is Cc1ccc(Cc2cc(C3CC(O)C(=O)C(CO)O3)ccc2F)cc1.